The number of hydrogen-bond donors (Lipinski definition) is 1. The highest BCUT2D eigenvalue weighted by molar-refractivity contribution is 6.39. The van der Waals surface area contributed by atoms with E-state index in [4.69, 9.17) is 41.8 Å². The monoisotopic (exact) mass is 467 g/mol. The lowest BCUT2D eigenvalue weighted by molar-refractivity contribution is 0.0882. The van der Waals surface area contributed by atoms with Crippen molar-refractivity contribution in [3.8, 4) is 11.5 Å². The molecule has 0 aliphatic heterocycles. The molecule has 0 aliphatic rings. The molecule has 0 saturated heterocycles. The molecular weight excluding hydrogens is 445 g/mol. The summed E-state index contributed by atoms with van der Waals surface area (Å²) in [7, 11) is 5.46. The molecular formula is C21H23Cl2N3O5. The molecule has 3 aromatic rings. The van der Waals surface area contributed by atoms with Crippen LogP contribution >= 0.6 is 23.2 Å². The van der Waals surface area contributed by atoms with Crippen LogP contribution in [0.3, 0.4) is 0 Å². The van der Waals surface area contributed by atoms with Gasteiger partial charge in [0.25, 0.3) is 0 Å². The van der Waals surface area contributed by atoms with Gasteiger partial charge in [-0.2, -0.15) is 0 Å². The summed E-state index contributed by atoms with van der Waals surface area (Å²) in [6.07, 6.45) is 2.91. The first-order valence-electron chi connectivity index (χ1n) is 9.47. The van der Waals surface area contributed by atoms with E-state index < -0.39 is 5.63 Å². The standard InChI is InChI=1S/C21H23Cl2N3O5/c1-26(2)6-7-29-8-9-30-21-17(28-3)5-4-13-16(10-18(27)31-20(13)21)25-19-14(22)11-24-12-15(19)23/h4-5,10-12H,6-9H2,1-3H3,(H,24,25). The van der Waals surface area contributed by atoms with E-state index in [-0.39, 0.29) is 12.2 Å². The Morgan fingerprint density at radius 1 is 1.13 bits per heavy atom. The molecule has 0 amide bonds. The Hall–Kier alpha value is -2.52. The van der Waals surface area contributed by atoms with E-state index in [0.29, 0.717) is 51.5 Å². The van der Waals surface area contributed by atoms with Crippen molar-refractivity contribution in [1.29, 1.82) is 0 Å². The molecule has 8 nitrogen and oxygen atoms in total. The van der Waals surface area contributed by atoms with Gasteiger partial charge in [-0.05, 0) is 26.2 Å². The summed E-state index contributed by atoms with van der Waals surface area (Å²) in [6.45, 7) is 2.02. The van der Waals surface area contributed by atoms with Crippen LogP contribution in [-0.4, -0.2) is 57.5 Å². The third-order valence-electron chi connectivity index (χ3n) is 4.32. The minimum Gasteiger partial charge on any atom is -0.493 e. The van der Waals surface area contributed by atoms with E-state index in [1.54, 1.807) is 12.1 Å². The van der Waals surface area contributed by atoms with Crippen molar-refractivity contribution in [2.75, 3.05) is 52.9 Å². The van der Waals surface area contributed by atoms with Gasteiger partial charge in [0.1, 0.15) is 6.61 Å². The lowest BCUT2D eigenvalue weighted by Gasteiger charge is -2.16. The summed E-state index contributed by atoms with van der Waals surface area (Å²) in [5.74, 6) is 0.741. The summed E-state index contributed by atoms with van der Waals surface area (Å²) < 4.78 is 22.3. The summed E-state index contributed by atoms with van der Waals surface area (Å²) in [5, 5.41) is 4.31. The molecule has 0 bridgehead atoms. The molecule has 1 aromatic carbocycles. The van der Waals surface area contributed by atoms with Crippen molar-refractivity contribution in [2.24, 2.45) is 0 Å². The average molecular weight is 468 g/mol. The molecule has 0 radical (unpaired) electrons. The Balaban J connectivity index is 1.91. The minimum atomic E-state index is -0.573. The van der Waals surface area contributed by atoms with Gasteiger partial charge in [0.2, 0.25) is 5.75 Å². The molecule has 0 fully saturated rings. The van der Waals surface area contributed by atoms with E-state index in [2.05, 4.69) is 10.3 Å². The number of benzene rings is 1. The number of likely N-dealkylation sites (N-methyl/N-ethyl adjacent to an activating group) is 1. The molecule has 3 rings (SSSR count). The smallest absolute Gasteiger partial charge is 0.338 e. The van der Waals surface area contributed by atoms with Crippen molar-refractivity contribution in [2.45, 2.75) is 0 Å². The van der Waals surface area contributed by atoms with Gasteiger partial charge in [-0.15, -0.1) is 0 Å². The van der Waals surface area contributed by atoms with Crippen LogP contribution in [0.1, 0.15) is 0 Å². The Bertz CT molecular complexity index is 1080. The molecule has 0 spiro atoms. The average Bonchev–Trinajstić information content (AvgIpc) is 2.72. The van der Waals surface area contributed by atoms with Gasteiger partial charge in [-0.1, -0.05) is 23.2 Å². The quantitative estimate of drug-likeness (QED) is 0.350. The largest absolute Gasteiger partial charge is 0.493 e. The lowest BCUT2D eigenvalue weighted by Crippen LogP contribution is -2.19. The molecule has 0 saturated carbocycles. The molecule has 0 aliphatic carbocycles. The number of rotatable bonds is 10. The summed E-state index contributed by atoms with van der Waals surface area (Å²) in [5.41, 5.74) is 0.550. The number of anilines is 2. The van der Waals surface area contributed by atoms with Gasteiger partial charge >= 0.3 is 5.63 Å². The van der Waals surface area contributed by atoms with E-state index in [1.807, 2.05) is 19.0 Å². The summed E-state index contributed by atoms with van der Waals surface area (Å²) >= 11 is 12.4. The van der Waals surface area contributed by atoms with Crippen LogP contribution in [-0.2, 0) is 4.74 Å². The van der Waals surface area contributed by atoms with Crippen molar-refractivity contribution < 1.29 is 18.6 Å². The third-order valence-corrected chi connectivity index (χ3v) is 4.89. The predicted octanol–water partition coefficient (Wildman–Crippen LogP) is 4.20. The third kappa shape index (κ3) is 5.80. The van der Waals surface area contributed by atoms with Gasteiger partial charge in [0.05, 0.1) is 41.7 Å². The Labute approximate surface area is 189 Å². The van der Waals surface area contributed by atoms with Crippen LogP contribution in [0.5, 0.6) is 11.5 Å². The zero-order valence-electron chi connectivity index (χ0n) is 17.4. The van der Waals surface area contributed by atoms with E-state index in [0.717, 1.165) is 6.54 Å². The maximum Gasteiger partial charge on any atom is 0.338 e. The van der Waals surface area contributed by atoms with Crippen molar-refractivity contribution in [3.05, 3.63) is 51.1 Å². The van der Waals surface area contributed by atoms with Gasteiger partial charge in [0, 0.05) is 30.4 Å². The molecule has 10 heteroatoms. The van der Waals surface area contributed by atoms with Crippen LogP contribution in [0.2, 0.25) is 10.0 Å². The topological polar surface area (TPSA) is 86.1 Å². The Morgan fingerprint density at radius 2 is 1.87 bits per heavy atom. The minimum absolute atomic E-state index is 0.240. The van der Waals surface area contributed by atoms with E-state index >= 15 is 0 Å². The Morgan fingerprint density at radius 3 is 2.55 bits per heavy atom. The van der Waals surface area contributed by atoms with Gasteiger partial charge in [0.15, 0.2) is 11.3 Å². The van der Waals surface area contributed by atoms with E-state index in [9.17, 15) is 4.79 Å². The number of hydrogen-bond acceptors (Lipinski definition) is 8. The molecule has 1 N–H and O–H groups in total. The van der Waals surface area contributed by atoms with Crippen LogP contribution in [0.15, 0.2) is 39.8 Å². The zero-order chi connectivity index (χ0) is 22.4. The first-order valence-corrected chi connectivity index (χ1v) is 10.2. The van der Waals surface area contributed by atoms with E-state index in [1.165, 1.54) is 25.6 Å². The highest BCUT2D eigenvalue weighted by Gasteiger charge is 2.17. The SMILES string of the molecule is COc1ccc2c(Nc3c(Cl)cncc3Cl)cc(=O)oc2c1OCCOCCN(C)C. The fourth-order valence-electron chi connectivity index (χ4n) is 2.80. The second-order valence-corrected chi connectivity index (χ2v) is 7.63. The second kappa shape index (κ2) is 10.7. The number of pyridine rings is 1. The van der Waals surface area contributed by atoms with Crippen LogP contribution in [0.4, 0.5) is 11.4 Å². The maximum atomic E-state index is 12.3. The molecule has 0 unspecified atom stereocenters. The fourth-order valence-corrected chi connectivity index (χ4v) is 3.26. The van der Waals surface area contributed by atoms with Gasteiger partial charge in [-0.25, -0.2) is 4.79 Å². The number of ether oxygens (including phenoxy) is 3. The van der Waals surface area contributed by atoms with Crippen LogP contribution in [0, 0.1) is 0 Å². The molecule has 31 heavy (non-hydrogen) atoms. The predicted molar refractivity (Wildman–Crippen MR) is 121 cm³/mol. The highest BCUT2D eigenvalue weighted by Crippen LogP contribution is 2.39. The van der Waals surface area contributed by atoms with Gasteiger partial charge < -0.3 is 28.8 Å². The normalized spacial score (nSPS) is 11.2. The number of aromatic nitrogens is 1. The fraction of sp³-hybridized carbons (Fsp3) is 0.333. The van der Waals surface area contributed by atoms with Gasteiger partial charge in [-0.3, -0.25) is 4.98 Å². The molecule has 166 valence electrons. The van der Waals surface area contributed by atoms with Crippen molar-refractivity contribution in [3.63, 3.8) is 0 Å². The molecule has 2 heterocycles. The van der Waals surface area contributed by atoms with Crippen molar-refractivity contribution in [1.82, 2.24) is 9.88 Å². The number of nitrogens with zero attached hydrogens (tertiary/aromatic N) is 2. The number of nitrogens with one attached hydrogen (secondary N) is 1. The first kappa shape index (κ1) is 23.1. The molecule has 0 atom stereocenters. The van der Waals surface area contributed by atoms with Crippen LogP contribution in [0.25, 0.3) is 11.0 Å². The zero-order valence-corrected chi connectivity index (χ0v) is 18.9. The summed E-state index contributed by atoms with van der Waals surface area (Å²) in [4.78, 5) is 18.2. The highest BCUT2D eigenvalue weighted by atomic mass is 35.5. The number of fused-ring (bicyclic) bond motifs is 1. The number of methoxy groups -OCH3 is 1. The molecule has 2 aromatic heterocycles. The Kier molecular flexibility index (Phi) is 7.97. The van der Waals surface area contributed by atoms with Crippen LogP contribution < -0.4 is 20.4 Å². The van der Waals surface area contributed by atoms with Crippen molar-refractivity contribution >= 4 is 45.5 Å². The second-order valence-electron chi connectivity index (χ2n) is 6.82. The lowest BCUT2D eigenvalue weighted by atomic mass is 10.1. The maximum absolute atomic E-state index is 12.3. The summed E-state index contributed by atoms with van der Waals surface area (Å²) in [6, 6.07) is 4.80. The number of halogens is 2. The first-order chi connectivity index (χ1) is 14.9.